The number of benzene rings is 2. The Kier molecular flexibility index (Phi) is 7.32. The minimum Gasteiger partial charge on any atom is -0.478 e. The van der Waals surface area contributed by atoms with Crippen LogP contribution in [0.1, 0.15) is 38.1 Å². The van der Waals surface area contributed by atoms with E-state index in [-0.39, 0.29) is 70.8 Å². The molecule has 1 N–H and O–H groups in total. The van der Waals surface area contributed by atoms with Crippen LogP contribution >= 0.6 is 11.3 Å². The summed E-state index contributed by atoms with van der Waals surface area (Å²) in [5.74, 6) is -3.16. The van der Waals surface area contributed by atoms with E-state index in [0.717, 1.165) is 24.6 Å². The van der Waals surface area contributed by atoms with Gasteiger partial charge >= 0.3 is 5.97 Å². The predicted octanol–water partition coefficient (Wildman–Crippen LogP) is 5.50. The molecule has 42 heavy (non-hydrogen) atoms. The Labute approximate surface area is 240 Å². The number of nitrogens with zero attached hydrogens (tertiary/aromatic N) is 5. The SMILES string of the molecule is N#Cc1ncc(COc2cccc(-c3cc(F)c(Cc4nc5c(F)cc(C(=O)O)cc5n4C[C@@H]4CCO4)cc3F)n2)s1. The number of carboxylic acids is 1. The highest BCUT2D eigenvalue weighted by atomic mass is 32.1. The lowest BCUT2D eigenvalue weighted by Gasteiger charge is -2.27. The standard InChI is InChI=1S/C29H20F3N5O4S/c30-20-10-19(23-2-1-3-26(35-23)41-14-18-12-34-27(11-33)42-18)21(31)6-15(20)9-25-36-28-22(32)7-16(29(38)39)8-24(28)37(25)13-17-4-5-40-17/h1-3,6-8,10,12,17H,4-5,9,13-14H2,(H,38,39)/t17-/m0/s1. The molecule has 1 atom stereocenters. The minimum absolute atomic E-state index is 0.0212. The average Bonchev–Trinajstić information content (AvgIpc) is 3.56. The number of aromatic carboxylic acids is 1. The number of aromatic nitrogens is 4. The van der Waals surface area contributed by atoms with Crippen molar-refractivity contribution in [2.45, 2.75) is 32.1 Å². The van der Waals surface area contributed by atoms with E-state index >= 15 is 8.78 Å². The molecule has 1 aliphatic heterocycles. The highest BCUT2D eigenvalue weighted by Gasteiger charge is 2.25. The van der Waals surface area contributed by atoms with Crippen LogP contribution in [0, 0.1) is 28.8 Å². The van der Waals surface area contributed by atoms with Gasteiger partial charge < -0.3 is 19.1 Å². The van der Waals surface area contributed by atoms with Crippen molar-refractivity contribution in [2.24, 2.45) is 0 Å². The topological polar surface area (TPSA) is 123 Å². The molecule has 1 fully saturated rings. The molecule has 3 aromatic heterocycles. The molecule has 0 radical (unpaired) electrons. The van der Waals surface area contributed by atoms with Crippen LogP contribution in [-0.2, 0) is 24.3 Å². The molecule has 0 saturated carbocycles. The van der Waals surface area contributed by atoms with E-state index in [0.29, 0.717) is 16.5 Å². The van der Waals surface area contributed by atoms with Crippen LogP contribution in [0.3, 0.4) is 0 Å². The van der Waals surface area contributed by atoms with Gasteiger partial charge in [-0.1, -0.05) is 6.07 Å². The number of rotatable bonds is 9. The van der Waals surface area contributed by atoms with Crippen LogP contribution in [0.25, 0.3) is 22.3 Å². The number of thiazole rings is 1. The summed E-state index contributed by atoms with van der Waals surface area (Å²) in [4.78, 5) is 24.8. The summed E-state index contributed by atoms with van der Waals surface area (Å²) < 4.78 is 58.4. The first-order valence-corrected chi connectivity index (χ1v) is 13.6. The van der Waals surface area contributed by atoms with Crippen molar-refractivity contribution < 1.29 is 32.5 Å². The molecule has 212 valence electrons. The van der Waals surface area contributed by atoms with E-state index in [9.17, 15) is 14.3 Å². The van der Waals surface area contributed by atoms with Crippen LogP contribution in [0.2, 0.25) is 0 Å². The van der Waals surface area contributed by atoms with E-state index in [1.165, 1.54) is 29.7 Å². The average molecular weight is 592 g/mol. The second-order valence-corrected chi connectivity index (χ2v) is 10.7. The van der Waals surface area contributed by atoms with Crippen LogP contribution < -0.4 is 4.74 Å². The van der Waals surface area contributed by atoms with Crippen LogP contribution in [0.15, 0.2) is 48.7 Å². The zero-order chi connectivity index (χ0) is 29.4. The molecule has 0 spiro atoms. The van der Waals surface area contributed by atoms with Crippen molar-refractivity contribution in [3.05, 3.63) is 92.9 Å². The molecular weight excluding hydrogens is 571 g/mol. The summed E-state index contributed by atoms with van der Waals surface area (Å²) in [6, 6.07) is 10.9. The van der Waals surface area contributed by atoms with Crippen molar-refractivity contribution in [3.63, 3.8) is 0 Å². The third-order valence-corrected chi connectivity index (χ3v) is 7.68. The maximum Gasteiger partial charge on any atom is 0.335 e. The molecule has 1 aliphatic rings. The lowest BCUT2D eigenvalue weighted by atomic mass is 10.0. The molecule has 4 heterocycles. The molecular formula is C29H20F3N5O4S. The number of nitriles is 1. The zero-order valence-corrected chi connectivity index (χ0v) is 22.5. The van der Waals surface area contributed by atoms with Gasteiger partial charge in [0, 0.05) is 30.9 Å². The van der Waals surface area contributed by atoms with Crippen molar-refractivity contribution in [3.8, 4) is 23.2 Å². The molecule has 0 bridgehead atoms. The van der Waals surface area contributed by atoms with Crippen LogP contribution in [0.4, 0.5) is 13.2 Å². The fraction of sp³-hybridized carbons (Fsp3) is 0.207. The molecule has 13 heteroatoms. The third-order valence-electron chi connectivity index (χ3n) is 6.81. The quantitative estimate of drug-likeness (QED) is 0.238. The number of pyridine rings is 1. The summed E-state index contributed by atoms with van der Waals surface area (Å²) >= 11 is 1.18. The molecule has 5 aromatic rings. The van der Waals surface area contributed by atoms with E-state index < -0.39 is 23.4 Å². The lowest BCUT2D eigenvalue weighted by Crippen LogP contribution is -2.31. The zero-order valence-electron chi connectivity index (χ0n) is 21.7. The number of hydrogen-bond donors (Lipinski definition) is 1. The Morgan fingerprint density at radius 1 is 1.17 bits per heavy atom. The van der Waals surface area contributed by atoms with Gasteiger partial charge in [-0.3, -0.25) is 0 Å². The smallest absolute Gasteiger partial charge is 0.335 e. The monoisotopic (exact) mass is 591 g/mol. The number of ether oxygens (including phenoxy) is 2. The second kappa shape index (κ2) is 11.2. The molecule has 9 nitrogen and oxygen atoms in total. The molecule has 2 aromatic carbocycles. The van der Waals surface area contributed by atoms with Gasteiger partial charge in [0.05, 0.1) is 34.3 Å². The van der Waals surface area contributed by atoms with Crippen molar-refractivity contribution in [1.82, 2.24) is 19.5 Å². The maximum atomic E-state index is 15.4. The number of fused-ring (bicyclic) bond motifs is 1. The largest absolute Gasteiger partial charge is 0.478 e. The number of carboxylic acid groups (broad SMARTS) is 1. The van der Waals surface area contributed by atoms with E-state index in [1.807, 2.05) is 6.07 Å². The van der Waals surface area contributed by atoms with Crippen molar-refractivity contribution in [1.29, 1.82) is 5.26 Å². The third kappa shape index (κ3) is 5.41. The lowest BCUT2D eigenvalue weighted by molar-refractivity contribution is -0.0589. The molecule has 0 amide bonds. The summed E-state index contributed by atoms with van der Waals surface area (Å²) in [7, 11) is 0. The summed E-state index contributed by atoms with van der Waals surface area (Å²) in [5.41, 5.74) is -0.0305. The van der Waals surface area contributed by atoms with Gasteiger partial charge in [-0.05, 0) is 42.3 Å². The highest BCUT2D eigenvalue weighted by Crippen LogP contribution is 2.30. The summed E-state index contributed by atoms with van der Waals surface area (Å²) in [6.07, 6.45) is 1.90. The van der Waals surface area contributed by atoms with Gasteiger partial charge in [-0.2, -0.15) is 5.26 Å². The molecule has 6 rings (SSSR count). The van der Waals surface area contributed by atoms with Gasteiger partial charge in [-0.25, -0.2) is 32.9 Å². The van der Waals surface area contributed by atoms with Gasteiger partial charge in [0.1, 0.15) is 35.7 Å². The van der Waals surface area contributed by atoms with E-state index in [4.69, 9.17) is 14.7 Å². The first kappa shape index (κ1) is 27.4. The normalized spacial score (nSPS) is 14.5. The number of halogens is 3. The molecule has 0 unspecified atom stereocenters. The van der Waals surface area contributed by atoms with E-state index in [1.54, 1.807) is 16.7 Å². The van der Waals surface area contributed by atoms with Gasteiger partial charge in [0.2, 0.25) is 5.88 Å². The summed E-state index contributed by atoms with van der Waals surface area (Å²) in [6.45, 7) is 0.927. The first-order valence-electron chi connectivity index (χ1n) is 12.8. The van der Waals surface area contributed by atoms with Crippen molar-refractivity contribution >= 4 is 28.3 Å². The van der Waals surface area contributed by atoms with Crippen molar-refractivity contribution in [2.75, 3.05) is 6.61 Å². The first-order chi connectivity index (χ1) is 20.3. The molecule has 0 aliphatic carbocycles. The molecule has 1 saturated heterocycles. The summed E-state index contributed by atoms with van der Waals surface area (Å²) in [5, 5.41) is 18.6. The van der Waals surface area contributed by atoms with Gasteiger partial charge in [0.25, 0.3) is 0 Å². The fourth-order valence-electron chi connectivity index (χ4n) is 4.63. The number of hydrogen-bond acceptors (Lipinski definition) is 8. The Morgan fingerprint density at radius 3 is 2.71 bits per heavy atom. The van der Waals surface area contributed by atoms with Gasteiger partial charge in [0.15, 0.2) is 10.8 Å². The minimum atomic E-state index is -1.30. The predicted molar refractivity (Wildman–Crippen MR) is 145 cm³/mol. The Balaban J connectivity index is 1.29. The Morgan fingerprint density at radius 2 is 2.00 bits per heavy atom. The number of imidazole rings is 1. The highest BCUT2D eigenvalue weighted by molar-refractivity contribution is 7.12. The fourth-order valence-corrected chi connectivity index (χ4v) is 5.25. The second-order valence-electron chi connectivity index (χ2n) is 9.54. The maximum absolute atomic E-state index is 15.4. The van der Waals surface area contributed by atoms with Gasteiger partial charge in [-0.15, -0.1) is 11.3 Å². The van der Waals surface area contributed by atoms with Crippen LogP contribution in [-0.4, -0.2) is 43.3 Å². The Bertz CT molecular complexity index is 1880. The van der Waals surface area contributed by atoms with Crippen LogP contribution in [0.5, 0.6) is 5.88 Å². The number of carbonyl (C=O) groups is 1. The Hall–Kier alpha value is -4.80. The van der Waals surface area contributed by atoms with E-state index in [2.05, 4.69) is 15.0 Å².